The molecule has 6 nitrogen and oxygen atoms in total. The number of likely N-dealkylation sites (tertiary alicyclic amines) is 2. The van der Waals surface area contributed by atoms with Gasteiger partial charge in [-0.3, -0.25) is 14.4 Å². The van der Waals surface area contributed by atoms with Gasteiger partial charge in [-0.05, 0) is 38.3 Å². The van der Waals surface area contributed by atoms with Crippen LogP contribution in [0.1, 0.15) is 40.3 Å². The van der Waals surface area contributed by atoms with Crippen LogP contribution in [-0.4, -0.2) is 50.7 Å². The van der Waals surface area contributed by atoms with E-state index in [1.54, 1.807) is 17.1 Å². The van der Waals surface area contributed by atoms with E-state index in [2.05, 4.69) is 23.0 Å². The van der Waals surface area contributed by atoms with E-state index in [-0.39, 0.29) is 5.91 Å². The number of carbonyl (C=O) groups excluding carboxylic acids is 1. The van der Waals surface area contributed by atoms with E-state index in [1.165, 1.54) is 5.56 Å². The molecular formula is C18H24N4O2. The summed E-state index contributed by atoms with van der Waals surface area (Å²) in [5.41, 5.74) is 1.90. The maximum atomic E-state index is 12.8. The van der Waals surface area contributed by atoms with Crippen LogP contribution in [-0.2, 0) is 13.6 Å². The van der Waals surface area contributed by atoms with Crippen LogP contribution >= 0.6 is 0 Å². The Morgan fingerprint density at radius 1 is 1.29 bits per heavy atom. The molecule has 2 fully saturated rings. The molecule has 0 aliphatic carbocycles. The fourth-order valence-electron chi connectivity index (χ4n) is 4.15. The van der Waals surface area contributed by atoms with Gasteiger partial charge in [0.05, 0.1) is 18.3 Å². The molecule has 0 unspecified atom stereocenters. The molecule has 4 heterocycles. The van der Waals surface area contributed by atoms with Gasteiger partial charge in [-0.1, -0.05) is 0 Å². The summed E-state index contributed by atoms with van der Waals surface area (Å²) in [6, 6.07) is 2.89. The molecule has 2 saturated heterocycles. The topological polar surface area (TPSA) is 54.5 Å². The number of hydrogen-bond donors (Lipinski definition) is 0. The summed E-state index contributed by atoms with van der Waals surface area (Å²) >= 11 is 0. The molecule has 2 aromatic rings. The highest BCUT2D eigenvalue weighted by Gasteiger charge is 2.44. The van der Waals surface area contributed by atoms with Gasteiger partial charge >= 0.3 is 0 Å². The number of carbonyl (C=O) groups is 1. The van der Waals surface area contributed by atoms with Crippen molar-refractivity contribution >= 4 is 5.91 Å². The SMILES string of the molecule is Cc1cc(CN2CC[C@H]3[C@H]2CCN3C(=O)c2cnn(C)c2)oc1C. The first kappa shape index (κ1) is 15.4. The van der Waals surface area contributed by atoms with Crippen LogP contribution in [0.4, 0.5) is 0 Å². The highest BCUT2D eigenvalue weighted by atomic mass is 16.3. The minimum Gasteiger partial charge on any atom is -0.465 e. The first-order chi connectivity index (χ1) is 11.5. The highest BCUT2D eigenvalue weighted by Crippen LogP contribution is 2.34. The van der Waals surface area contributed by atoms with Gasteiger partial charge in [0.2, 0.25) is 0 Å². The second-order valence-electron chi connectivity index (χ2n) is 7.04. The van der Waals surface area contributed by atoms with Crippen LogP contribution in [0.5, 0.6) is 0 Å². The van der Waals surface area contributed by atoms with Crippen molar-refractivity contribution < 1.29 is 9.21 Å². The predicted octanol–water partition coefficient (Wildman–Crippen LogP) is 2.12. The van der Waals surface area contributed by atoms with Gasteiger partial charge < -0.3 is 9.32 Å². The first-order valence-electron chi connectivity index (χ1n) is 8.62. The third-order valence-electron chi connectivity index (χ3n) is 5.48. The van der Waals surface area contributed by atoms with Gasteiger partial charge in [-0.25, -0.2) is 0 Å². The minimum absolute atomic E-state index is 0.113. The second kappa shape index (κ2) is 5.77. The lowest BCUT2D eigenvalue weighted by Crippen LogP contribution is -2.39. The maximum Gasteiger partial charge on any atom is 0.257 e. The first-order valence-corrected chi connectivity index (χ1v) is 8.62. The monoisotopic (exact) mass is 328 g/mol. The van der Waals surface area contributed by atoms with Crippen molar-refractivity contribution in [1.29, 1.82) is 0 Å². The Labute approximate surface area is 142 Å². The largest absolute Gasteiger partial charge is 0.465 e. The Bertz CT molecular complexity index is 743. The van der Waals surface area contributed by atoms with Crippen molar-refractivity contribution in [3.05, 3.63) is 41.1 Å². The average Bonchev–Trinajstić information content (AvgIpc) is 3.27. The van der Waals surface area contributed by atoms with Crippen molar-refractivity contribution in [3.63, 3.8) is 0 Å². The number of aryl methyl sites for hydroxylation is 3. The Balaban J connectivity index is 1.46. The molecule has 0 spiro atoms. The van der Waals surface area contributed by atoms with Crippen LogP contribution in [0.2, 0.25) is 0 Å². The molecule has 0 radical (unpaired) electrons. The summed E-state index contributed by atoms with van der Waals surface area (Å²) in [7, 11) is 1.84. The molecule has 2 aromatic heterocycles. The second-order valence-corrected chi connectivity index (χ2v) is 7.04. The Hall–Kier alpha value is -2.08. The molecule has 2 aliphatic heterocycles. The molecule has 0 N–H and O–H groups in total. The molecule has 6 heteroatoms. The smallest absolute Gasteiger partial charge is 0.257 e. The quantitative estimate of drug-likeness (QED) is 0.866. The zero-order valence-corrected chi connectivity index (χ0v) is 14.5. The van der Waals surface area contributed by atoms with Crippen molar-refractivity contribution in [1.82, 2.24) is 19.6 Å². The summed E-state index contributed by atoms with van der Waals surface area (Å²) in [4.78, 5) is 17.3. The molecule has 128 valence electrons. The molecule has 4 rings (SSSR count). The van der Waals surface area contributed by atoms with Crippen molar-refractivity contribution in [2.24, 2.45) is 7.05 Å². The van der Waals surface area contributed by atoms with Gasteiger partial charge in [0.15, 0.2) is 0 Å². The van der Waals surface area contributed by atoms with Gasteiger partial charge in [0.25, 0.3) is 5.91 Å². The Morgan fingerprint density at radius 2 is 2.08 bits per heavy atom. The third-order valence-corrected chi connectivity index (χ3v) is 5.48. The van der Waals surface area contributed by atoms with E-state index in [0.717, 1.165) is 44.0 Å². The van der Waals surface area contributed by atoms with Crippen LogP contribution < -0.4 is 0 Å². The maximum absolute atomic E-state index is 12.8. The Morgan fingerprint density at radius 3 is 2.75 bits per heavy atom. The number of furan rings is 1. The predicted molar refractivity (Wildman–Crippen MR) is 89.6 cm³/mol. The molecule has 2 aliphatic rings. The number of hydrogen-bond acceptors (Lipinski definition) is 4. The van der Waals surface area contributed by atoms with Crippen LogP contribution in [0, 0.1) is 13.8 Å². The van der Waals surface area contributed by atoms with Crippen LogP contribution in [0.25, 0.3) is 0 Å². The molecular weight excluding hydrogens is 304 g/mol. The fourth-order valence-corrected chi connectivity index (χ4v) is 4.15. The lowest BCUT2D eigenvalue weighted by atomic mass is 10.1. The van der Waals surface area contributed by atoms with Crippen LogP contribution in [0.3, 0.4) is 0 Å². The van der Waals surface area contributed by atoms with Crippen molar-refractivity contribution in [2.75, 3.05) is 13.1 Å². The zero-order valence-electron chi connectivity index (χ0n) is 14.5. The lowest BCUT2D eigenvalue weighted by Gasteiger charge is -2.25. The minimum atomic E-state index is 0.113. The van der Waals surface area contributed by atoms with Gasteiger partial charge in [0.1, 0.15) is 11.5 Å². The van der Waals surface area contributed by atoms with Gasteiger partial charge in [0, 0.05) is 38.4 Å². The third kappa shape index (κ3) is 2.55. The summed E-state index contributed by atoms with van der Waals surface area (Å²) in [6.07, 6.45) is 5.54. The molecule has 1 amide bonds. The molecule has 2 atom stereocenters. The molecule has 0 bridgehead atoms. The number of nitrogens with zero attached hydrogens (tertiary/aromatic N) is 4. The highest BCUT2D eigenvalue weighted by molar-refractivity contribution is 5.94. The summed E-state index contributed by atoms with van der Waals surface area (Å²) in [5.74, 6) is 2.14. The normalized spacial score (nSPS) is 23.9. The Kier molecular flexibility index (Phi) is 3.72. The van der Waals surface area contributed by atoms with E-state index in [9.17, 15) is 4.79 Å². The number of rotatable bonds is 3. The summed E-state index contributed by atoms with van der Waals surface area (Å²) in [5, 5.41) is 4.12. The molecule has 24 heavy (non-hydrogen) atoms. The standard InChI is InChI=1S/C18H24N4O2/c1-12-8-15(24-13(12)2)11-21-6-4-17-16(21)5-7-22(17)18(23)14-9-19-20(3)10-14/h8-10,16-17H,4-7,11H2,1-3H3/t16-,17+/m1/s1. The van der Waals surface area contributed by atoms with E-state index in [0.29, 0.717) is 17.6 Å². The lowest BCUT2D eigenvalue weighted by molar-refractivity contribution is 0.0731. The van der Waals surface area contributed by atoms with Crippen molar-refractivity contribution in [2.45, 2.75) is 45.3 Å². The van der Waals surface area contributed by atoms with Gasteiger partial charge in [-0.15, -0.1) is 0 Å². The number of fused-ring (bicyclic) bond motifs is 1. The van der Waals surface area contributed by atoms with E-state index in [1.807, 2.05) is 18.9 Å². The number of aromatic nitrogens is 2. The summed E-state index contributed by atoms with van der Waals surface area (Å²) < 4.78 is 7.52. The van der Waals surface area contributed by atoms with Crippen LogP contribution in [0.15, 0.2) is 22.9 Å². The molecule has 0 aromatic carbocycles. The van der Waals surface area contributed by atoms with E-state index >= 15 is 0 Å². The van der Waals surface area contributed by atoms with Crippen molar-refractivity contribution in [3.8, 4) is 0 Å². The number of amides is 1. The fraction of sp³-hybridized carbons (Fsp3) is 0.556. The summed E-state index contributed by atoms with van der Waals surface area (Å²) in [6.45, 7) is 6.78. The average molecular weight is 328 g/mol. The van der Waals surface area contributed by atoms with E-state index in [4.69, 9.17) is 4.42 Å². The molecule has 0 saturated carbocycles. The zero-order chi connectivity index (χ0) is 16.8. The van der Waals surface area contributed by atoms with E-state index < -0.39 is 0 Å². The van der Waals surface area contributed by atoms with Gasteiger partial charge in [-0.2, -0.15) is 5.10 Å².